The molecule has 4 rings (SSSR count). The number of carbonyl (C=O) groups excluding carboxylic acids is 1. The predicted molar refractivity (Wildman–Crippen MR) is 112 cm³/mol. The SMILES string of the molecule is CCn1nc(-c2cc(OCC(F)F)ncc2F)c2ncc(C(=O)NC3(C)CS(=O)(=O)C3)cc21. The number of rotatable bonds is 7. The molecule has 1 fully saturated rings. The van der Waals surface area contributed by atoms with Crippen molar-refractivity contribution in [1.82, 2.24) is 25.1 Å². The molecule has 1 N–H and O–H groups in total. The van der Waals surface area contributed by atoms with Crippen molar-refractivity contribution >= 4 is 26.8 Å². The molecule has 0 saturated carbocycles. The van der Waals surface area contributed by atoms with E-state index in [4.69, 9.17) is 4.74 Å². The van der Waals surface area contributed by atoms with Crippen LogP contribution in [0, 0.1) is 5.82 Å². The molecule has 0 bridgehead atoms. The number of aromatic nitrogens is 4. The van der Waals surface area contributed by atoms with Crippen molar-refractivity contribution in [3.8, 4) is 17.1 Å². The Kier molecular flexibility index (Phi) is 5.76. The first-order valence-corrected chi connectivity index (χ1v) is 11.8. The Morgan fingerprint density at radius 3 is 2.64 bits per heavy atom. The molecule has 176 valence electrons. The van der Waals surface area contributed by atoms with E-state index in [2.05, 4.69) is 20.4 Å². The summed E-state index contributed by atoms with van der Waals surface area (Å²) in [7, 11) is -3.14. The minimum Gasteiger partial charge on any atom is -0.472 e. The molecule has 33 heavy (non-hydrogen) atoms. The lowest BCUT2D eigenvalue weighted by atomic mass is 10.1. The average molecular weight is 483 g/mol. The molecular weight excluding hydrogens is 463 g/mol. The second-order valence-corrected chi connectivity index (χ2v) is 10.1. The first-order chi connectivity index (χ1) is 15.5. The van der Waals surface area contributed by atoms with Crippen molar-refractivity contribution in [3.63, 3.8) is 0 Å². The minimum atomic E-state index is -3.14. The zero-order valence-corrected chi connectivity index (χ0v) is 18.5. The zero-order chi connectivity index (χ0) is 24.0. The lowest BCUT2D eigenvalue weighted by molar-refractivity contribution is 0.0795. The van der Waals surface area contributed by atoms with E-state index in [1.54, 1.807) is 13.8 Å². The zero-order valence-electron chi connectivity index (χ0n) is 17.7. The standard InChI is InChI=1S/C20H20F3N5O4S/c1-3-28-14-4-11(19(29)26-20(2)9-33(30,31)10-20)6-25-18(14)17(27-28)12-5-16(24-7-13(12)21)32-8-15(22)23/h4-7,15H,3,8-10H2,1-2H3,(H,26,29). The van der Waals surface area contributed by atoms with Gasteiger partial charge in [-0.25, -0.2) is 26.6 Å². The smallest absolute Gasteiger partial charge is 0.272 e. The Morgan fingerprint density at radius 2 is 2.00 bits per heavy atom. The van der Waals surface area contributed by atoms with Gasteiger partial charge in [-0.2, -0.15) is 5.10 Å². The third kappa shape index (κ3) is 4.63. The Labute approximate surface area is 186 Å². The number of aryl methyl sites for hydroxylation is 1. The third-order valence-corrected chi connectivity index (χ3v) is 7.24. The van der Waals surface area contributed by atoms with E-state index in [1.807, 2.05) is 0 Å². The summed E-state index contributed by atoms with van der Waals surface area (Å²) < 4.78 is 68.8. The van der Waals surface area contributed by atoms with Crippen molar-refractivity contribution in [2.75, 3.05) is 18.1 Å². The van der Waals surface area contributed by atoms with Crippen molar-refractivity contribution in [3.05, 3.63) is 35.9 Å². The number of nitrogens with one attached hydrogen (secondary N) is 1. The molecule has 9 nitrogen and oxygen atoms in total. The van der Waals surface area contributed by atoms with Crippen molar-refractivity contribution in [2.45, 2.75) is 32.4 Å². The van der Waals surface area contributed by atoms with Gasteiger partial charge >= 0.3 is 0 Å². The molecule has 1 aliphatic rings. The van der Waals surface area contributed by atoms with Gasteiger partial charge in [0.15, 0.2) is 22.3 Å². The van der Waals surface area contributed by atoms with Crippen LogP contribution in [-0.4, -0.2) is 64.2 Å². The molecule has 0 radical (unpaired) electrons. The van der Waals surface area contributed by atoms with E-state index in [9.17, 15) is 26.4 Å². The van der Waals surface area contributed by atoms with Gasteiger partial charge in [0, 0.05) is 24.4 Å². The fraction of sp³-hybridized carbons (Fsp3) is 0.400. The molecule has 0 atom stereocenters. The Morgan fingerprint density at radius 1 is 1.27 bits per heavy atom. The molecule has 0 aromatic carbocycles. The van der Waals surface area contributed by atoms with E-state index in [0.717, 1.165) is 6.20 Å². The van der Waals surface area contributed by atoms with Gasteiger partial charge < -0.3 is 10.1 Å². The summed E-state index contributed by atoms with van der Waals surface area (Å²) >= 11 is 0. The molecule has 1 aliphatic heterocycles. The van der Waals surface area contributed by atoms with Gasteiger partial charge in [0.25, 0.3) is 12.3 Å². The monoisotopic (exact) mass is 483 g/mol. The average Bonchev–Trinajstić information content (AvgIpc) is 3.09. The first kappa shape index (κ1) is 23.0. The van der Waals surface area contributed by atoms with Crippen LogP contribution in [0.3, 0.4) is 0 Å². The fourth-order valence-electron chi connectivity index (χ4n) is 3.78. The lowest BCUT2D eigenvalue weighted by Gasteiger charge is -2.38. The summed E-state index contributed by atoms with van der Waals surface area (Å²) in [4.78, 5) is 20.6. The maximum atomic E-state index is 14.5. The number of fused-ring (bicyclic) bond motifs is 1. The molecule has 4 heterocycles. The summed E-state index contributed by atoms with van der Waals surface area (Å²) in [6, 6.07) is 2.70. The topological polar surface area (TPSA) is 116 Å². The van der Waals surface area contributed by atoms with Gasteiger partial charge in [0.2, 0.25) is 5.88 Å². The maximum Gasteiger partial charge on any atom is 0.272 e. The molecule has 3 aromatic rings. The highest BCUT2D eigenvalue weighted by Gasteiger charge is 2.45. The van der Waals surface area contributed by atoms with Gasteiger partial charge in [-0.05, 0) is 19.9 Å². The fourth-order valence-corrected chi connectivity index (χ4v) is 5.78. The number of amides is 1. The maximum absolute atomic E-state index is 14.5. The van der Waals surface area contributed by atoms with Crippen LogP contribution < -0.4 is 10.1 Å². The Balaban J connectivity index is 1.68. The number of halogens is 3. The highest BCUT2D eigenvalue weighted by atomic mass is 32.2. The number of hydrogen-bond acceptors (Lipinski definition) is 7. The first-order valence-electron chi connectivity index (χ1n) is 9.96. The lowest BCUT2D eigenvalue weighted by Crippen LogP contribution is -2.63. The van der Waals surface area contributed by atoms with Crippen molar-refractivity contribution < 1.29 is 31.1 Å². The van der Waals surface area contributed by atoms with E-state index in [1.165, 1.54) is 23.0 Å². The summed E-state index contributed by atoms with van der Waals surface area (Å²) in [5.41, 5.74) is 0.162. The summed E-state index contributed by atoms with van der Waals surface area (Å²) in [6.45, 7) is 2.93. The Hall–Kier alpha value is -3.22. The highest BCUT2D eigenvalue weighted by Crippen LogP contribution is 2.31. The third-order valence-electron chi connectivity index (χ3n) is 5.09. The molecule has 1 saturated heterocycles. The van der Waals surface area contributed by atoms with E-state index >= 15 is 0 Å². The van der Waals surface area contributed by atoms with Crippen LogP contribution >= 0.6 is 0 Å². The van der Waals surface area contributed by atoms with Crippen LogP contribution in [0.15, 0.2) is 24.5 Å². The Bertz CT molecular complexity index is 1330. The number of sulfone groups is 1. The molecule has 3 aromatic heterocycles. The quantitative estimate of drug-likeness (QED) is 0.548. The second kappa shape index (κ2) is 8.28. The van der Waals surface area contributed by atoms with Crippen LogP contribution in [-0.2, 0) is 16.4 Å². The summed E-state index contributed by atoms with van der Waals surface area (Å²) in [6.07, 6.45) is -0.580. The number of pyridine rings is 2. The minimum absolute atomic E-state index is 0.0386. The second-order valence-electron chi connectivity index (χ2n) is 8.01. The number of ether oxygens (including phenoxy) is 1. The van der Waals surface area contributed by atoms with Crippen LogP contribution in [0.1, 0.15) is 24.2 Å². The predicted octanol–water partition coefficient (Wildman–Crippen LogP) is 2.21. The largest absolute Gasteiger partial charge is 0.472 e. The molecule has 0 unspecified atom stereocenters. The van der Waals surface area contributed by atoms with Crippen LogP contribution in [0.2, 0.25) is 0 Å². The van der Waals surface area contributed by atoms with Crippen LogP contribution in [0.5, 0.6) is 5.88 Å². The van der Waals surface area contributed by atoms with Crippen LogP contribution in [0.25, 0.3) is 22.3 Å². The molecule has 13 heteroatoms. The van der Waals surface area contributed by atoms with Gasteiger partial charge in [-0.15, -0.1) is 0 Å². The highest BCUT2D eigenvalue weighted by molar-refractivity contribution is 7.93. The van der Waals surface area contributed by atoms with Gasteiger partial charge in [-0.3, -0.25) is 14.5 Å². The van der Waals surface area contributed by atoms with Gasteiger partial charge in [-0.1, -0.05) is 0 Å². The van der Waals surface area contributed by atoms with Crippen molar-refractivity contribution in [1.29, 1.82) is 0 Å². The molecule has 1 amide bonds. The van der Waals surface area contributed by atoms with E-state index in [-0.39, 0.29) is 39.7 Å². The van der Waals surface area contributed by atoms with Gasteiger partial charge in [0.05, 0.1) is 34.3 Å². The van der Waals surface area contributed by atoms with E-state index < -0.39 is 40.1 Å². The number of carbonyl (C=O) groups is 1. The number of hydrogen-bond donors (Lipinski definition) is 1. The molecule has 0 aliphatic carbocycles. The van der Waals surface area contributed by atoms with Crippen LogP contribution in [0.4, 0.5) is 13.2 Å². The van der Waals surface area contributed by atoms with Gasteiger partial charge in [0.1, 0.15) is 11.2 Å². The van der Waals surface area contributed by atoms with E-state index in [0.29, 0.717) is 12.1 Å². The molecule has 0 spiro atoms. The summed E-state index contributed by atoms with van der Waals surface area (Å²) in [5.74, 6) is -1.72. The number of nitrogens with zero attached hydrogens (tertiary/aromatic N) is 4. The van der Waals surface area contributed by atoms with Crippen molar-refractivity contribution in [2.24, 2.45) is 0 Å². The number of alkyl halides is 2. The normalized spacial score (nSPS) is 16.5. The molecular formula is C20H20F3N5O4S. The summed E-state index contributed by atoms with van der Waals surface area (Å²) in [5, 5.41) is 7.08.